The zero-order chi connectivity index (χ0) is 19.9. The van der Waals surface area contributed by atoms with Crippen molar-refractivity contribution in [3.8, 4) is 0 Å². The van der Waals surface area contributed by atoms with Crippen LogP contribution < -0.4 is 10.6 Å². The number of furan rings is 1. The van der Waals surface area contributed by atoms with Crippen molar-refractivity contribution in [1.29, 1.82) is 0 Å². The normalized spacial score (nSPS) is 11.1. The average molecular weight is 374 g/mol. The Bertz CT molecular complexity index is 970. The van der Waals surface area contributed by atoms with Crippen LogP contribution in [-0.2, 0) is 11.3 Å². The van der Waals surface area contributed by atoms with Crippen molar-refractivity contribution in [3.05, 3.63) is 101 Å². The third kappa shape index (κ3) is 5.20. The molecule has 0 unspecified atom stereocenters. The van der Waals surface area contributed by atoms with Gasteiger partial charge in [0, 0.05) is 5.56 Å². The van der Waals surface area contributed by atoms with E-state index in [0.29, 0.717) is 11.3 Å². The Morgan fingerprint density at radius 3 is 2.18 bits per heavy atom. The molecule has 1 aromatic heterocycles. The summed E-state index contributed by atoms with van der Waals surface area (Å²) in [6, 6.07) is 18.4. The summed E-state index contributed by atoms with van der Waals surface area (Å²) in [6.07, 6.45) is 3.20. The summed E-state index contributed by atoms with van der Waals surface area (Å²) in [7, 11) is 0. The van der Waals surface area contributed by atoms with Gasteiger partial charge in [-0.25, -0.2) is 0 Å². The minimum Gasteiger partial charge on any atom is -0.467 e. The summed E-state index contributed by atoms with van der Waals surface area (Å²) in [6.45, 7) is 4.17. The SMILES string of the molecule is Cc1ccc(C=C(NC(=O)c2ccc(C)cc2)C(=O)NCc2ccco2)cc1. The molecule has 0 atom stereocenters. The molecule has 0 aliphatic carbocycles. The molecule has 3 rings (SSSR count). The lowest BCUT2D eigenvalue weighted by atomic mass is 10.1. The van der Waals surface area contributed by atoms with Crippen LogP contribution >= 0.6 is 0 Å². The summed E-state index contributed by atoms with van der Waals surface area (Å²) < 4.78 is 5.24. The fourth-order valence-electron chi connectivity index (χ4n) is 2.56. The van der Waals surface area contributed by atoms with Gasteiger partial charge in [0.25, 0.3) is 11.8 Å². The molecule has 0 bridgehead atoms. The number of nitrogens with one attached hydrogen (secondary N) is 2. The van der Waals surface area contributed by atoms with Crippen LogP contribution in [0.15, 0.2) is 77.0 Å². The van der Waals surface area contributed by atoms with Gasteiger partial charge in [-0.15, -0.1) is 0 Å². The molecule has 0 spiro atoms. The largest absolute Gasteiger partial charge is 0.467 e. The summed E-state index contributed by atoms with van der Waals surface area (Å²) in [5, 5.41) is 5.49. The maximum absolute atomic E-state index is 12.7. The van der Waals surface area contributed by atoms with Gasteiger partial charge >= 0.3 is 0 Å². The van der Waals surface area contributed by atoms with Gasteiger partial charge in [0.2, 0.25) is 0 Å². The van der Waals surface area contributed by atoms with E-state index in [4.69, 9.17) is 4.42 Å². The van der Waals surface area contributed by atoms with Crippen LogP contribution in [-0.4, -0.2) is 11.8 Å². The van der Waals surface area contributed by atoms with Crippen molar-refractivity contribution in [2.24, 2.45) is 0 Å². The molecule has 28 heavy (non-hydrogen) atoms. The molecule has 0 radical (unpaired) electrons. The van der Waals surface area contributed by atoms with Gasteiger partial charge in [0.05, 0.1) is 12.8 Å². The smallest absolute Gasteiger partial charge is 0.268 e. The van der Waals surface area contributed by atoms with Crippen LogP contribution in [0.4, 0.5) is 0 Å². The molecule has 3 aromatic rings. The first kappa shape index (κ1) is 19.2. The Kier molecular flexibility index (Phi) is 6.07. The minimum atomic E-state index is -0.391. The molecule has 2 aromatic carbocycles. The second-order valence-electron chi connectivity index (χ2n) is 6.55. The van der Waals surface area contributed by atoms with Gasteiger partial charge in [-0.3, -0.25) is 9.59 Å². The predicted molar refractivity (Wildman–Crippen MR) is 108 cm³/mol. The summed E-state index contributed by atoms with van der Waals surface area (Å²) in [4.78, 5) is 25.3. The number of carbonyl (C=O) groups is 2. The van der Waals surface area contributed by atoms with Crippen molar-refractivity contribution in [2.45, 2.75) is 20.4 Å². The van der Waals surface area contributed by atoms with E-state index in [2.05, 4.69) is 10.6 Å². The first-order valence-electron chi connectivity index (χ1n) is 8.98. The molecular weight excluding hydrogens is 352 g/mol. The fraction of sp³-hybridized carbons (Fsp3) is 0.130. The molecule has 0 saturated carbocycles. The zero-order valence-electron chi connectivity index (χ0n) is 15.9. The van der Waals surface area contributed by atoms with E-state index in [0.717, 1.165) is 16.7 Å². The van der Waals surface area contributed by atoms with Crippen LogP contribution in [0.5, 0.6) is 0 Å². The Morgan fingerprint density at radius 1 is 0.929 bits per heavy atom. The average Bonchev–Trinajstić information content (AvgIpc) is 3.21. The Labute approximate surface area is 164 Å². The Balaban J connectivity index is 1.80. The molecule has 142 valence electrons. The highest BCUT2D eigenvalue weighted by Crippen LogP contribution is 2.10. The van der Waals surface area contributed by atoms with Crippen molar-refractivity contribution < 1.29 is 14.0 Å². The number of hydrogen-bond donors (Lipinski definition) is 2. The summed E-state index contributed by atoms with van der Waals surface area (Å²) in [5.74, 6) is -0.100. The molecule has 1 heterocycles. The Morgan fingerprint density at radius 2 is 1.57 bits per heavy atom. The standard InChI is InChI=1S/C23H22N2O3/c1-16-5-9-18(10-6-16)14-21(23(27)24-15-20-4-3-13-28-20)25-22(26)19-11-7-17(2)8-12-19/h3-14H,15H2,1-2H3,(H,24,27)(H,25,26). The van der Waals surface area contributed by atoms with Crippen LogP contribution in [0, 0.1) is 13.8 Å². The Hall–Kier alpha value is -3.60. The van der Waals surface area contributed by atoms with E-state index < -0.39 is 5.91 Å². The van der Waals surface area contributed by atoms with Crippen LogP contribution in [0.25, 0.3) is 6.08 Å². The number of benzene rings is 2. The number of rotatable bonds is 6. The zero-order valence-corrected chi connectivity index (χ0v) is 15.9. The predicted octanol–water partition coefficient (Wildman–Crippen LogP) is 3.98. The quantitative estimate of drug-likeness (QED) is 0.641. The molecule has 0 fully saturated rings. The van der Waals surface area contributed by atoms with Gasteiger partial charge in [0.1, 0.15) is 11.5 Å². The van der Waals surface area contributed by atoms with Crippen molar-refractivity contribution >= 4 is 17.9 Å². The van der Waals surface area contributed by atoms with E-state index in [-0.39, 0.29) is 18.1 Å². The third-order valence-corrected chi connectivity index (χ3v) is 4.20. The van der Waals surface area contributed by atoms with Crippen molar-refractivity contribution in [2.75, 3.05) is 0 Å². The first-order valence-corrected chi connectivity index (χ1v) is 8.98. The van der Waals surface area contributed by atoms with Crippen LogP contribution in [0.2, 0.25) is 0 Å². The summed E-state index contributed by atoms with van der Waals surface area (Å²) >= 11 is 0. The first-order chi connectivity index (χ1) is 13.5. The van der Waals surface area contributed by atoms with Gasteiger partial charge in [-0.2, -0.15) is 0 Å². The molecule has 2 N–H and O–H groups in total. The lowest BCUT2D eigenvalue weighted by Crippen LogP contribution is -2.34. The monoisotopic (exact) mass is 374 g/mol. The molecule has 5 nitrogen and oxygen atoms in total. The molecule has 0 saturated heterocycles. The molecule has 2 amide bonds. The molecule has 0 aliphatic heterocycles. The van der Waals surface area contributed by atoms with Crippen LogP contribution in [0.1, 0.15) is 32.8 Å². The molecular formula is C23H22N2O3. The van der Waals surface area contributed by atoms with Gasteiger partial charge in [0.15, 0.2) is 0 Å². The second kappa shape index (κ2) is 8.86. The van der Waals surface area contributed by atoms with E-state index in [1.54, 1.807) is 36.6 Å². The maximum Gasteiger partial charge on any atom is 0.268 e. The molecule has 0 aliphatic rings. The highest BCUT2D eigenvalue weighted by molar-refractivity contribution is 6.05. The van der Waals surface area contributed by atoms with E-state index in [9.17, 15) is 9.59 Å². The lowest BCUT2D eigenvalue weighted by molar-refractivity contribution is -0.118. The number of amides is 2. The topological polar surface area (TPSA) is 71.3 Å². The van der Waals surface area contributed by atoms with Crippen molar-refractivity contribution in [1.82, 2.24) is 10.6 Å². The lowest BCUT2D eigenvalue weighted by Gasteiger charge is -2.11. The highest BCUT2D eigenvalue weighted by Gasteiger charge is 2.15. The second-order valence-corrected chi connectivity index (χ2v) is 6.55. The van der Waals surface area contributed by atoms with E-state index in [1.807, 2.05) is 50.2 Å². The number of carbonyl (C=O) groups excluding carboxylic acids is 2. The van der Waals surface area contributed by atoms with E-state index >= 15 is 0 Å². The minimum absolute atomic E-state index is 0.168. The maximum atomic E-state index is 12.7. The van der Waals surface area contributed by atoms with Crippen molar-refractivity contribution in [3.63, 3.8) is 0 Å². The summed E-state index contributed by atoms with van der Waals surface area (Å²) in [5.41, 5.74) is 3.64. The highest BCUT2D eigenvalue weighted by atomic mass is 16.3. The van der Waals surface area contributed by atoms with E-state index in [1.165, 1.54) is 0 Å². The van der Waals surface area contributed by atoms with Gasteiger partial charge < -0.3 is 15.1 Å². The van der Waals surface area contributed by atoms with Gasteiger partial charge in [-0.05, 0) is 49.8 Å². The number of aryl methyl sites for hydroxylation is 2. The van der Waals surface area contributed by atoms with Gasteiger partial charge in [-0.1, -0.05) is 47.5 Å². The number of hydrogen-bond acceptors (Lipinski definition) is 3. The van der Waals surface area contributed by atoms with Crippen LogP contribution in [0.3, 0.4) is 0 Å². The third-order valence-electron chi connectivity index (χ3n) is 4.20. The fourth-order valence-corrected chi connectivity index (χ4v) is 2.56. The molecule has 5 heteroatoms.